The molecule has 0 bridgehead atoms. The van der Waals surface area contributed by atoms with E-state index in [1.807, 2.05) is 0 Å². The van der Waals surface area contributed by atoms with Crippen LogP contribution in [0.1, 0.15) is 38.9 Å². The second kappa shape index (κ2) is 4.34. The number of alkyl halides is 2. The Kier molecular flexibility index (Phi) is 3.18. The molecule has 6 heteroatoms. The number of thiophene rings is 1. The van der Waals surface area contributed by atoms with E-state index in [0.717, 1.165) is 4.88 Å². The molecule has 1 heterocycles. The molecule has 0 aromatic carbocycles. The van der Waals surface area contributed by atoms with Gasteiger partial charge in [-0.3, -0.25) is 4.79 Å². The Hall–Kier alpha value is -1.01. The number of fused-ring (bicyclic) bond motifs is 1. The van der Waals surface area contributed by atoms with Crippen LogP contribution in [0, 0.1) is 0 Å². The molecular weight excluding hydrogens is 248 g/mol. The largest absolute Gasteiger partial charge is 0.396 e. The molecule has 1 unspecified atom stereocenters. The smallest absolute Gasteiger partial charge is 0.258 e. The highest BCUT2D eigenvalue weighted by molar-refractivity contribution is 7.14. The fourth-order valence-corrected chi connectivity index (χ4v) is 3.31. The van der Waals surface area contributed by atoms with Crippen molar-refractivity contribution in [3.05, 3.63) is 21.4 Å². The van der Waals surface area contributed by atoms with E-state index in [9.17, 15) is 13.6 Å². The Morgan fingerprint density at radius 1 is 1.65 bits per heavy atom. The lowest BCUT2D eigenvalue weighted by Crippen LogP contribution is -2.31. The number of carbonyl (C=O) groups excluding carboxylic acids is 1. The summed E-state index contributed by atoms with van der Waals surface area (Å²) in [5.41, 5.74) is 5.63. The average Bonchev–Trinajstić information content (AvgIpc) is 2.66. The van der Waals surface area contributed by atoms with Crippen LogP contribution in [-0.4, -0.2) is 23.5 Å². The molecule has 1 atom stereocenters. The number of hydrogen-bond acceptors (Lipinski definition) is 3. The number of nitrogens with two attached hydrogens (primary N) is 1. The standard InChI is InChI=1S/C11H13F2NO2S/c12-11(13)3-1-8-6(7(11)2-4-15)5-9(17-8)10(14)16/h5,7,15H,1-4H2,(H2,14,16). The number of hydrogen-bond donors (Lipinski definition) is 2. The summed E-state index contributed by atoms with van der Waals surface area (Å²) in [4.78, 5) is 12.2. The van der Waals surface area contributed by atoms with E-state index in [4.69, 9.17) is 10.8 Å². The Balaban J connectivity index is 2.41. The van der Waals surface area contributed by atoms with Gasteiger partial charge < -0.3 is 10.8 Å². The lowest BCUT2D eigenvalue weighted by Gasteiger charge is -2.31. The molecule has 1 aromatic rings. The number of primary amides is 1. The first-order chi connectivity index (χ1) is 7.95. The van der Waals surface area contributed by atoms with E-state index in [1.165, 1.54) is 17.4 Å². The van der Waals surface area contributed by atoms with Crippen molar-refractivity contribution in [2.24, 2.45) is 5.73 Å². The Morgan fingerprint density at radius 3 is 2.94 bits per heavy atom. The molecule has 0 aliphatic heterocycles. The molecule has 17 heavy (non-hydrogen) atoms. The lowest BCUT2D eigenvalue weighted by molar-refractivity contribution is -0.0469. The van der Waals surface area contributed by atoms with Gasteiger partial charge >= 0.3 is 0 Å². The molecule has 3 nitrogen and oxygen atoms in total. The maximum absolute atomic E-state index is 13.7. The normalized spacial score (nSPS) is 22.2. The predicted octanol–water partition coefficient (Wildman–Crippen LogP) is 1.89. The monoisotopic (exact) mass is 261 g/mol. The zero-order chi connectivity index (χ0) is 12.6. The van der Waals surface area contributed by atoms with Gasteiger partial charge in [-0.05, 0) is 24.5 Å². The highest BCUT2D eigenvalue weighted by Crippen LogP contribution is 2.47. The summed E-state index contributed by atoms with van der Waals surface area (Å²) in [7, 11) is 0. The van der Waals surface area contributed by atoms with Crippen LogP contribution in [0.2, 0.25) is 0 Å². The molecular formula is C11H13F2NO2S. The topological polar surface area (TPSA) is 63.3 Å². The van der Waals surface area contributed by atoms with Gasteiger partial charge in [0.2, 0.25) is 0 Å². The minimum Gasteiger partial charge on any atom is -0.396 e. The second-order valence-corrected chi connectivity index (χ2v) is 5.32. The summed E-state index contributed by atoms with van der Waals surface area (Å²) >= 11 is 1.18. The number of aryl methyl sites for hydroxylation is 1. The van der Waals surface area contributed by atoms with Crippen LogP contribution in [0.4, 0.5) is 8.78 Å². The third-order valence-corrected chi connectivity index (χ3v) is 4.30. The first kappa shape index (κ1) is 12.4. The summed E-state index contributed by atoms with van der Waals surface area (Å²) in [6.45, 7) is -0.290. The van der Waals surface area contributed by atoms with Crippen molar-refractivity contribution >= 4 is 17.2 Å². The quantitative estimate of drug-likeness (QED) is 0.872. The molecule has 0 spiro atoms. The Morgan fingerprint density at radius 2 is 2.35 bits per heavy atom. The lowest BCUT2D eigenvalue weighted by atomic mass is 9.82. The number of aliphatic hydroxyl groups excluding tert-OH is 1. The SMILES string of the molecule is NC(=O)c1cc2c(s1)CCC(F)(F)C2CCO. The van der Waals surface area contributed by atoms with Crippen molar-refractivity contribution in [3.63, 3.8) is 0 Å². The zero-order valence-corrected chi connectivity index (χ0v) is 9.90. The van der Waals surface area contributed by atoms with E-state index < -0.39 is 17.7 Å². The van der Waals surface area contributed by atoms with E-state index in [0.29, 0.717) is 10.4 Å². The van der Waals surface area contributed by atoms with Gasteiger partial charge in [0.15, 0.2) is 0 Å². The van der Waals surface area contributed by atoms with E-state index >= 15 is 0 Å². The Labute approximate surface area is 101 Å². The van der Waals surface area contributed by atoms with E-state index in [2.05, 4.69) is 0 Å². The molecule has 1 aliphatic carbocycles. The van der Waals surface area contributed by atoms with Gasteiger partial charge in [0.25, 0.3) is 11.8 Å². The summed E-state index contributed by atoms with van der Waals surface area (Å²) in [6, 6.07) is 1.45. The zero-order valence-electron chi connectivity index (χ0n) is 9.08. The van der Waals surface area contributed by atoms with Crippen LogP contribution in [0.15, 0.2) is 6.07 Å². The Bertz CT molecular complexity index is 445. The van der Waals surface area contributed by atoms with Gasteiger partial charge in [0, 0.05) is 17.9 Å². The third kappa shape index (κ3) is 2.19. The summed E-state index contributed by atoms with van der Waals surface area (Å²) in [5, 5.41) is 8.87. The number of aliphatic hydroxyl groups is 1. The fraction of sp³-hybridized carbons (Fsp3) is 0.545. The maximum atomic E-state index is 13.7. The molecule has 1 amide bonds. The number of carbonyl (C=O) groups is 1. The minimum atomic E-state index is -2.81. The molecule has 2 rings (SSSR count). The van der Waals surface area contributed by atoms with Crippen molar-refractivity contribution in [1.29, 1.82) is 0 Å². The second-order valence-electron chi connectivity index (χ2n) is 4.18. The first-order valence-electron chi connectivity index (χ1n) is 5.37. The molecule has 0 saturated carbocycles. The number of rotatable bonds is 3. The minimum absolute atomic E-state index is 0.00886. The average molecular weight is 261 g/mol. The molecule has 94 valence electrons. The van der Waals surface area contributed by atoms with E-state index in [-0.39, 0.29) is 25.9 Å². The van der Waals surface area contributed by atoms with Gasteiger partial charge in [0.1, 0.15) is 0 Å². The van der Waals surface area contributed by atoms with Crippen LogP contribution in [0.5, 0.6) is 0 Å². The fourth-order valence-electron chi connectivity index (χ4n) is 2.23. The van der Waals surface area contributed by atoms with Crippen molar-refractivity contribution in [1.82, 2.24) is 0 Å². The molecule has 1 aliphatic rings. The summed E-state index contributed by atoms with van der Waals surface area (Å²) in [5.74, 6) is -4.40. The van der Waals surface area contributed by atoms with Crippen LogP contribution in [0.3, 0.4) is 0 Å². The summed E-state index contributed by atoms with van der Waals surface area (Å²) < 4.78 is 27.4. The van der Waals surface area contributed by atoms with Crippen molar-refractivity contribution in [3.8, 4) is 0 Å². The van der Waals surface area contributed by atoms with Crippen LogP contribution < -0.4 is 5.73 Å². The van der Waals surface area contributed by atoms with Gasteiger partial charge in [-0.25, -0.2) is 8.78 Å². The van der Waals surface area contributed by atoms with Gasteiger partial charge in [-0.2, -0.15) is 0 Å². The summed E-state index contributed by atoms with van der Waals surface area (Å²) in [6.07, 6.45) is 0.0422. The first-order valence-corrected chi connectivity index (χ1v) is 6.18. The molecule has 1 aromatic heterocycles. The predicted molar refractivity (Wildman–Crippen MR) is 60.5 cm³/mol. The molecule has 0 fully saturated rings. The van der Waals surface area contributed by atoms with E-state index in [1.54, 1.807) is 0 Å². The number of halogens is 2. The van der Waals surface area contributed by atoms with Crippen LogP contribution in [-0.2, 0) is 6.42 Å². The van der Waals surface area contributed by atoms with Crippen molar-refractivity contribution in [2.75, 3.05) is 6.61 Å². The molecule has 3 N–H and O–H groups in total. The third-order valence-electron chi connectivity index (χ3n) is 3.07. The highest BCUT2D eigenvalue weighted by atomic mass is 32.1. The van der Waals surface area contributed by atoms with Crippen molar-refractivity contribution < 1.29 is 18.7 Å². The van der Waals surface area contributed by atoms with Gasteiger partial charge in [0.05, 0.1) is 10.8 Å². The van der Waals surface area contributed by atoms with Gasteiger partial charge in [-0.1, -0.05) is 0 Å². The number of amides is 1. The van der Waals surface area contributed by atoms with Crippen LogP contribution >= 0.6 is 11.3 Å². The highest BCUT2D eigenvalue weighted by Gasteiger charge is 2.44. The maximum Gasteiger partial charge on any atom is 0.258 e. The molecule has 0 radical (unpaired) electrons. The molecule has 0 saturated heterocycles. The van der Waals surface area contributed by atoms with Gasteiger partial charge in [-0.15, -0.1) is 11.3 Å². The van der Waals surface area contributed by atoms with Crippen LogP contribution in [0.25, 0.3) is 0 Å². The van der Waals surface area contributed by atoms with Crippen molar-refractivity contribution in [2.45, 2.75) is 31.1 Å².